The lowest BCUT2D eigenvalue weighted by molar-refractivity contribution is 0.102. The van der Waals surface area contributed by atoms with Gasteiger partial charge in [0.1, 0.15) is 5.75 Å². The number of para-hydroxylation sites is 1. The topological polar surface area (TPSA) is 51.2 Å². The summed E-state index contributed by atoms with van der Waals surface area (Å²) < 4.78 is 5.23. The van der Waals surface area contributed by atoms with Crippen LogP contribution in [0.1, 0.15) is 26.5 Å². The van der Waals surface area contributed by atoms with E-state index in [-0.39, 0.29) is 5.91 Å². The van der Waals surface area contributed by atoms with Gasteiger partial charge in [0.05, 0.1) is 18.4 Å². The van der Waals surface area contributed by atoms with Crippen LogP contribution in [0.15, 0.2) is 48.5 Å². The van der Waals surface area contributed by atoms with Crippen LogP contribution < -0.4 is 10.1 Å². The first-order valence-electron chi connectivity index (χ1n) is 7.72. The number of amides is 1. The highest BCUT2D eigenvalue weighted by atomic mass is 35.5. The number of hydrogen-bond acceptors (Lipinski definition) is 4. The molecule has 0 unspecified atom stereocenters. The molecule has 1 aromatic heterocycles. The Balaban J connectivity index is 1.78. The Morgan fingerprint density at radius 2 is 1.92 bits per heavy atom. The van der Waals surface area contributed by atoms with E-state index in [1.165, 1.54) is 11.3 Å². The van der Waals surface area contributed by atoms with E-state index < -0.39 is 0 Å². The molecule has 1 N–H and O–H groups in total. The number of rotatable bonds is 5. The van der Waals surface area contributed by atoms with Crippen molar-refractivity contribution in [3.8, 4) is 5.75 Å². The smallest absolute Gasteiger partial charge is 0.261 e. The van der Waals surface area contributed by atoms with Crippen molar-refractivity contribution in [2.24, 2.45) is 0 Å². The van der Waals surface area contributed by atoms with Gasteiger partial charge in [0.15, 0.2) is 5.13 Å². The van der Waals surface area contributed by atoms with Crippen molar-refractivity contribution in [2.45, 2.75) is 13.3 Å². The van der Waals surface area contributed by atoms with Crippen LogP contribution in [0.2, 0.25) is 5.02 Å². The van der Waals surface area contributed by atoms with Crippen LogP contribution >= 0.6 is 22.9 Å². The zero-order valence-electron chi connectivity index (χ0n) is 13.9. The van der Waals surface area contributed by atoms with Gasteiger partial charge >= 0.3 is 0 Å². The van der Waals surface area contributed by atoms with Gasteiger partial charge in [-0.3, -0.25) is 10.1 Å². The Morgan fingerprint density at radius 3 is 2.68 bits per heavy atom. The summed E-state index contributed by atoms with van der Waals surface area (Å²) in [5.41, 5.74) is 2.41. The van der Waals surface area contributed by atoms with E-state index in [4.69, 9.17) is 16.3 Å². The maximum Gasteiger partial charge on any atom is 0.261 e. The number of anilines is 1. The van der Waals surface area contributed by atoms with Gasteiger partial charge in [0.2, 0.25) is 0 Å². The molecule has 0 bridgehead atoms. The molecule has 2 aromatic carbocycles. The van der Waals surface area contributed by atoms with Gasteiger partial charge in [-0.05, 0) is 30.7 Å². The number of aryl methyl sites for hydroxylation is 1. The minimum atomic E-state index is -0.240. The molecule has 0 spiro atoms. The van der Waals surface area contributed by atoms with Crippen molar-refractivity contribution in [3.05, 3.63) is 75.3 Å². The highest BCUT2D eigenvalue weighted by Gasteiger charge is 2.15. The molecule has 0 aliphatic carbocycles. The van der Waals surface area contributed by atoms with Crippen molar-refractivity contribution < 1.29 is 9.53 Å². The van der Waals surface area contributed by atoms with Crippen molar-refractivity contribution in [1.29, 1.82) is 0 Å². The number of carbonyl (C=O) groups excluding carboxylic acids is 1. The third kappa shape index (κ3) is 4.00. The predicted octanol–water partition coefficient (Wildman–Crippen LogP) is 4.96. The molecule has 0 radical (unpaired) electrons. The summed E-state index contributed by atoms with van der Waals surface area (Å²) in [7, 11) is 1.54. The largest absolute Gasteiger partial charge is 0.496 e. The highest BCUT2D eigenvalue weighted by molar-refractivity contribution is 7.15. The summed E-state index contributed by atoms with van der Waals surface area (Å²) in [4.78, 5) is 18.0. The average molecular weight is 373 g/mol. The minimum absolute atomic E-state index is 0.240. The fourth-order valence-corrected chi connectivity index (χ4v) is 3.64. The number of aromatic nitrogens is 1. The van der Waals surface area contributed by atoms with Crippen LogP contribution in [-0.2, 0) is 6.42 Å². The van der Waals surface area contributed by atoms with Crippen molar-refractivity contribution in [2.75, 3.05) is 12.4 Å². The number of halogens is 1. The monoisotopic (exact) mass is 372 g/mol. The van der Waals surface area contributed by atoms with Gasteiger partial charge in [0, 0.05) is 16.3 Å². The molecule has 128 valence electrons. The quantitative estimate of drug-likeness (QED) is 0.688. The number of nitrogens with zero attached hydrogens (tertiary/aromatic N) is 1. The normalized spacial score (nSPS) is 10.5. The summed E-state index contributed by atoms with van der Waals surface area (Å²) in [6.07, 6.45) is 0.688. The molecule has 1 amide bonds. The molecular formula is C19H17ClN2O2S. The molecule has 0 atom stereocenters. The van der Waals surface area contributed by atoms with Gasteiger partial charge in [-0.1, -0.05) is 41.9 Å². The van der Waals surface area contributed by atoms with Crippen molar-refractivity contribution in [3.63, 3.8) is 0 Å². The van der Waals surface area contributed by atoms with Gasteiger partial charge in [-0.15, -0.1) is 11.3 Å². The number of thiazole rings is 1. The first-order valence-corrected chi connectivity index (χ1v) is 8.92. The number of nitrogens with one attached hydrogen (secondary N) is 1. The Morgan fingerprint density at radius 1 is 1.20 bits per heavy atom. The standard InChI is InChI=1S/C19H17ClN2O2S/c1-12-17(11-13-7-3-5-9-15(13)20)25-19(21-12)22-18(23)14-8-4-6-10-16(14)24-2/h3-10H,11H2,1-2H3,(H,21,22,23). The Kier molecular flexibility index (Phi) is 5.36. The summed E-state index contributed by atoms with van der Waals surface area (Å²) in [5.74, 6) is 0.292. The van der Waals surface area contributed by atoms with Gasteiger partial charge in [-0.25, -0.2) is 4.98 Å². The number of ether oxygens (including phenoxy) is 1. The molecule has 0 aliphatic heterocycles. The lowest BCUT2D eigenvalue weighted by Crippen LogP contribution is -2.12. The molecule has 4 nitrogen and oxygen atoms in total. The number of benzene rings is 2. The maximum absolute atomic E-state index is 12.5. The zero-order chi connectivity index (χ0) is 17.8. The van der Waals surface area contributed by atoms with Crippen molar-refractivity contribution in [1.82, 2.24) is 4.98 Å². The Hall–Kier alpha value is -2.37. The van der Waals surface area contributed by atoms with E-state index in [0.717, 1.165) is 21.2 Å². The number of methoxy groups -OCH3 is 1. The highest BCUT2D eigenvalue weighted by Crippen LogP contribution is 2.28. The second-order valence-electron chi connectivity index (χ2n) is 5.45. The fourth-order valence-electron chi connectivity index (χ4n) is 2.46. The van der Waals surface area contributed by atoms with Crippen LogP contribution in [0.25, 0.3) is 0 Å². The average Bonchev–Trinajstić information content (AvgIpc) is 2.96. The molecule has 3 aromatic rings. The van der Waals surface area contributed by atoms with Crippen LogP contribution in [-0.4, -0.2) is 18.0 Å². The van der Waals surface area contributed by atoms with Crippen LogP contribution in [0.4, 0.5) is 5.13 Å². The van der Waals surface area contributed by atoms with E-state index in [1.807, 2.05) is 37.3 Å². The second kappa shape index (κ2) is 7.68. The number of carbonyl (C=O) groups is 1. The summed E-state index contributed by atoms with van der Waals surface area (Å²) >= 11 is 7.69. The second-order valence-corrected chi connectivity index (χ2v) is 6.94. The molecule has 6 heteroatoms. The molecule has 1 heterocycles. The summed E-state index contributed by atoms with van der Waals surface area (Å²) in [5, 5.41) is 4.15. The lowest BCUT2D eigenvalue weighted by Gasteiger charge is -2.07. The lowest BCUT2D eigenvalue weighted by atomic mass is 10.1. The van der Waals surface area contributed by atoms with Gasteiger partial charge < -0.3 is 4.74 Å². The Bertz CT molecular complexity index is 908. The van der Waals surface area contributed by atoms with Gasteiger partial charge in [0.25, 0.3) is 5.91 Å². The molecule has 0 saturated carbocycles. The van der Waals surface area contributed by atoms with Crippen LogP contribution in [0, 0.1) is 6.92 Å². The zero-order valence-corrected chi connectivity index (χ0v) is 15.4. The van der Waals surface area contributed by atoms with E-state index >= 15 is 0 Å². The van der Waals surface area contributed by atoms with Crippen LogP contribution in [0.3, 0.4) is 0 Å². The van der Waals surface area contributed by atoms with E-state index in [0.29, 0.717) is 22.9 Å². The summed E-state index contributed by atoms with van der Waals surface area (Å²) in [6, 6.07) is 14.8. The molecule has 0 fully saturated rings. The predicted molar refractivity (Wildman–Crippen MR) is 102 cm³/mol. The molecule has 3 rings (SSSR count). The number of hydrogen-bond donors (Lipinski definition) is 1. The molecule has 0 saturated heterocycles. The van der Waals surface area contributed by atoms with Crippen LogP contribution in [0.5, 0.6) is 5.75 Å². The molecule has 0 aliphatic rings. The summed E-state index contributed by atoms with van der Waals surface area (Å²) in [6.45, 7) is 1.93. The van der Waals surface area contributed by atoms with E-state index in [2.05, 4.69) is 10.3 Å². The molecule has 25 heavy (non-hydrogen) atoms. The third-order valence-electron chi connectivity index (χ3n) is 3.77. The molecular weight excluding hydrogens is 356 g/mol. The maximum atomic E-state index is 12.5. The fraction of sp³-hybridized carbons (Fsp3) is 0.158. The third-order valence-corrected chi connectivity index (χ3v) is 5.22. The SMILES string of the molecule is COc1ccccc1C(=O)Nc1nc(C)c(Cc2ccccc2Cl)s1. The van der Waals surface area contributed by atoms with Crippen molar-refractivity contribution >= 4 is 34.0 Å². The Labute approximate surface area is 155 Å². The van der Waals surface area contributed by atoms with Gasteiger partial charge in [-0.2, -0.15) is 0 Å². The van der Waals surface area contributed by atoms with E-state index in [1.54, 1.807) is 25.3 Å². The van der Waals surface area contributed by atoms with E-state index in [9.17, 15) is 4.79 Å². The first-order chi connectivity index (χ1) is 12.1. The first kappa shape index (κ1) is 17.5. The minimum Gasteiger partial charge on any atom is -0.496 e.